The van der Waals surface area contributed by atoms with Crippen LogP contribution in [0.2, 0.25) is 0 Å². The van der Waals surface area contributed by atoms with E-state index in [4.69, 9.17) is 5.11 Å². The molecular formula is C14H26O7S. The van der Waals surface area contributed by atoms with Gasteiger partial charge in [-0.2, -0.15) is 8.42 Å². The molecule has 0 aliphatic carbocycles. The summed E-state index contributed by atoms with van der Waals surface area (Å²) >= 11 is 0. The van der Waals surface area contributed by atoms with Crippen molar-refractivity contribution in [1.29, 1.82) is 0 Å². The second kappa shape index (κ2) is 12.4. The quantitative estimate of drug-likeness (QED) is 0.406. The van der Waals surface area contributed by atoms with Gasteiger partial charge in [-0.1, -0.05) is 64.7 Å². The number of carbonyl (C=O) groups is 2. The number of hydrogen-bond donors (Lipinski definition) is 1. The van der Waals surface area contributed by atoms with E-state index in [1.165, 1.54) is 38.5 Å². The van der Waals surface area contributed by atoms with Crippen molar-refractivity contribution in [2.75, 3.05) is 6.61 Å². The highest BCUT2D eigenvalue weighted by molar-refractivity contribution is 7.82. The van der Waals surface area contributed by atoms with Crippen molar-refractivity contribution in [3.05, 3.63) is 0 Å². The Morgan fingerprint density at radius 3 is 1.77 bits per heavy atom. The van der Waals surface area contributed by atoms with Crippen molar-refractivity contribution in [3.63, 3.8) is 0 Å². The van der Waals surface area contributed by atoms with Crippen molar-refractivity contribution in [3.8, 4) is 0 Å². The van der Waals surface area contributed by atoms with Gasteiger partial charge in [0.25, 0.3) is 0 Å². The molecule has 0 radical (unpaired) electrons. The summed E-state index contributed by atoms with van der Waals surface area (Å²) in [5.41, 5.74) is 0. The minimum atomic E-state index is -4.57. The molecule has 0 aromatic rings. The Bertz CT molecular complexity index is 417. The molecule has 0 aliphatic rings. The van der Waals surface area contributed by atoms with E-state index >= 15 is 0 Å². The molecule has 0 aliphatic heterocycles. The summed E-state index contributed by atoms with van der Waals surface area (Å²) < 4.78 is 30.2. The molecule has 0 aromatic heterocycles. The lowest BCUT2D eigenvalue weighted by atomic mass is 10.1. The van der Waals surface area contributed by atoms with Gasteiger partial charge in [0.05, 0.1) is 6.61 Å². The molecule has 22 heavy (non-hydrogen) atoms. The van der Waals surface area contributed by atoms with Crippen LogP contribution in [0.3, 0.4) is 0 Å². The zero-order valence-electron chi connectivity index (χ0n) is 13.1. The number of rotatable bonds is 13. The zero-order valence-corrected chi connectivity index (χ0v) is 13.9. The summed E-state index contributed by atoms with van der Waals surface area (Å²) in [6.45, 7) is 2.07. The molecule has 0 bridgehead atoms. The number of carboxylic acid groups (broad SMARTS) is 1. The average molecular weight is 338 g/mol. The van der Waals surface area contributed by atoms with Gasteiger partial charge in [0.2, 0.25) is 0 Å². The Labute approximate surface area is 132 Å². The van der Waals surface area contributed by atoms with E-state index in [1.807, 2.05) is 0 Å². The van der Waals surface area contributed by atoms with Crippen LogP contribution in [-0.2, 0) is 28.4 Å². The van der Waals surface area contributed by atoms with Crippen LogP contribution >= 0.6 is 0 Å². The van der Waals surface area contributed by atoms with Crippen LogP contribution in [0, 0.1) is 0 Å². The van der Waals surface area contributed by atoms with E-state index in [0.717, 1.165) is 19.3 Å². The second-order valence-electron chi connectivity index (χ2n) is 5.09. The lowest BCUT2D eigenvalue weighted by Crippen LogP contribution is -2.22. The summed E-state index contributed by atoms with van der Waals surface area (Å²) in [6.07, 6.45) is 10.9. The van der Waals surface area contributed by atoms with Crippen LogP contribution in [0.25, 0.3) is 0 Å². The van der Waals surface area contributed by atoms with Crippen LogP contribution in [0.15, 0.2) is 0 Å². The predicted octanol–water partition coefficient (Wildman–Crippen LogP) is 2.80. The minimum absolute atomic E-state index is 0.119. The molecule has 130 valence electrons. The first-order valence-corrected chi connectivity index (χ1v) is 9.08. The minimum Gasteiger partial charge on any atom is -0.473 e. The molecule has 0 amide bonds. The largest absolute Gasteiger partial charge is 0.473 e. The van der Waals surface area contributed by atoms with Gasteiger partial charge in [-0.05, 0) is 6.42 Å². The van der Waals surface area contributed by atoms with Crippen LogP contribution in [0.1, 0.15) is 71.1 Å². The Morgan fingerprint density at radius 1 is 0.864 bits per heavy atom. The number of hydrogen-bond acceptors (Lipinski definition) is 6. The third-order valence-corrected chi connectivity index (χ3v) is 3.89. The summed E-state index contributed by atoms with van der Waals surface area (Å²) in [6, 6.07) is 0. The summed E-state index contributed by atoms with van der Waals surface area (Å²) in [5, 5.41) is 8.21. The fraction of sp³-hybridized carbons (Fsp3) is 0.857. The van der Waals surface area contributed by atoms with E-state index in [-0.39, 0.29) is 6.61 Å². The molecule has 0 unspecified atom stereocenters. The summed E-state index contributed by atoms with van der Waals surface area (Å²) in [4.78, 5) is 20.7. The molecule has 1 N–H and O–H groups in total. The molecule has 0 saturated carbocycles. The first kappa shape index (κ1) is 20.9. The zero-order chi connectivity index (χ0) is 16.8. The van der Waals surface area contributed by atoms with Gasteiger partial charge < -0.3 is 9.29 Å². The molecule has 0 saturated heterocycles. The third-order valence-electron chi connectivity index (χ3n) is 3.08. The van der Waals surface area contributed by atoms with Gasteiger partial charge in [0, 0.05) is 0 Å². The average Bonchev–Trinajstić information content (AvgIpc) is 2.44. The number of aliphatic carboxylic acids is 1. The molecule has 0 spiro atoms. The maximum absolute atomic E-state index is 11.1. The van der Waals surface area contributed by atoms with E-state index in [0.29, 0.717) is 6.42 Å². The van der Waals surface area contributed by atoms with Gasteiger partial charge >= 0.3 is 22.3 Å². The van der Waals surface area contributed by atoms with Crippen LogP contribution in [0.5, 0.6) is 0 Å². The number of carboxylic acids is 1. The van der Waals surface area contributed by atoms with Crippen LogP contribution in [-0.4, -0.2) is 32.1 Å². The van der Waals surface area contributed by atoms with Crippen molar-refractivity contribution in [2.45, 2.75) is 71.1 Å². The smallest absolute Gasteiger partial charge is 0.451 e. The molecule has 0 heterocycles. The van der Waals surface area contributed by atoms with E-state index < -0.39 is 22.3 Å². The maximum Gasteiger partial charge on any atom is 0.451 e. The van der Waals surface area contributed by atoms with Crippen molar-refractivity contribution >= 4 is 22.3 Å². The maximum atomic E-state index is 11.1. The summed E-state index contributed by atoms with van der Waals surface area (Å²) in [7, 11) is -4.57. The summed E-state index contributed by atoms with van der Waals surface area (Å²) in [5.74, 6) is -3.85. The second-order valence-corrected chi connectivity index (χ2v) is 6.31. The standard InChI is InChI=1S/C14H26O7S/c1-2-3-4-5-6-7-8-9-10-11-12-20-22(18,19)21-14(17)13(15)16/h2-12H2,1H3,(H,15,16). The van der Waals surface area contributed by atoms with Gasteiger partial charge in [-0.15, -0.1) is 0 Å². The highest BCUT2D eigenvalue weighted by atomic mass is 32.3. The Morgan fingerprint density at radius 2 is 1.32 bits per heavy atom. The van der Waals surface area contributed by atoms with Crippen LogP contribution < -0.4 is 0 Å². The van der Waals surface area contributed by atoms with Crippen molar-refractivity contribution in [2.24, 2.45) is 0 Å². The van der Waals surface area contributed by atoms with Gasteiger partial charge in [0.15, 0.2) is 0 Å². The molecular weight excluding hydrogens is 312 g/mol. The molecule has 0 fully saturated rings. The normalized spacial score (nSPS) is 11.3. The molecule has 0 rings (SSSR count). The molecule has 0 aromatic carbocycles. The highest BCUT2D eigenvalue weighted by Gasteiger charge is 2.23. The van der Waals surface area contributed by atoms with E-state index in [2.05, 4.69) is 15.3 Å². The molecule has 8 heteroatoms. The van der Waals surface area contributed by atoms with Crippen LogP contribution in [0.4, 0.5) is 0 Å². The molecule has 7 nitrogen and oxygen atoms in total. The van der Waals surface area contributed by atoms with Gasteiger partial charge in [-0.3, -0.25) is 0 Å². The fourth-order valence-electron chi connectivity index (χ4n) is 1.90. The van der Waals surface area contributed by atoms with Crippen molar-refractivity contribution < 1.29 is 31.5 Å². The van der Waals surface area contributed by atoms with Gasteiger partial charge in [-0.25, -0.2) is 13.8 Å². The number of unbranched alkanes of at least 4 members (excludes halogenated alkanes) is 9. The first-order valence-electron chi connectivity index (χ1n) is 7.75. The monoisotopic (exact) mass is 338 g/mol. The Hall–Kier alpha value is -1.15. The number of carbonyl (C=O) groups excluding carboxylic acids is 1. The topological polar surface area (TPSA) is 107 Å². The van der Waals surface area contributed by atoms with E-state index in [1.54, 1.807) is 0 Å². The first-order chi connectivity index (χ1) is 10.4. The third kappa shape index (κ3) is 12.6. The van der Waals surface area contributed by atoms with Gasteiger partial charge in [0.1, 0.15) is 0 Å². The highest BCUT2D eigenvalue weighted by Crippen LogP contribution is 2.10. The lowest BCUT2D eigenvalue weighted by molar-refractivity contribution is -0.158. The fourth-order valence-corrected chi connectivity index (χ4v) is 2.53. The Kier molecular flexibility index (Phi) is 11.8. The van der Waals surface area contributed by atoms with E-state index in [9.17, 15) is 18.0 Å². The SMILES string of the molecule is CCCCCCCCCCCCOS(=O)(=O)OC(=O)C(=O)O. The predicted molar refractivity (Wildman–Crippen MR) is 80.4 cm³/mol. The molecule has 0 atom stereocenters. The van der Waals surface area contributed by atoms with Crippen molar-refractivity contribution in [1.82, 2.24) is 0 Å². The Balaban J connectivity index is 3.49. The lowest BCUT2D eigenvalue weighted by Gasteiger charge is -2.04.